The molecule has 0 atom stereocenters. The van der Waals surface area contributed by atoms with Gasteiger partial charge < -0.3 is 5.32 Å². The number of aromatic nitrogens is 2. The predicted octanol–water partition coefficient (Wildman–Crippen LogP) is 1.53. The zero-order chi connectivity index (χ0) is 15.4. The summed E-state index contributed by atoms with van der Waals surface area (Å²) in [6.45, 7) is 4.03. The maximum atomic E-state index is 11.9. The van der Waals surface area contributed by atoms with Gasteiger partial charge in [0, 0.05) is 17.9 Å². The summed E-state index contributed by atoms with van der Waals surface area (Å²) in [5, 5.41) is 5.74. The van der Waals surface area contributed by atoms with Crippen molar-refractivity contribution in [1.82, 2.24) is 5.27 Å². The normalized spacial score (nSPS) is 10.6. The number of hydrogen-bond donors (Lipinski definition) is 2. The molecule has 1 heterocycles. The average Bonchev–Trinajstić information content (AvgIpc) is 2.74. The highest BCUT2D eigenvalue weighted by molar-refractivity contribution is 7.99. The zero-order valence-corrected chi connectivity index (χ0v) is 13.0. The van der Waals surface area contributed by atoms with Crippen LogP contribution in [0.25, 0.3) is 0 Å². The van der Waals surface area contributed by atoms with Crippen LogP contribution < -0.4 is 15.6 Å². The molecule has 0 spiro atoms. The number of aryl methyl sites for hydroxylation is 3. The fourth-order valence-corrected chi connectivity index (χ4v) is 2.64. The first-order chi connectivity index (χ1) is 9.97. The van der Waals surface area contributed by atoms with Crippen LogP contribution in [-0.2, 0) is 11.8 Å². The maximum Gasteiger partial charge on any atom is 0.441 e. The second-order valence-corrected chi connectivity index (χ2v) is 5.87. The molecule has 0 radical (unpaired) electrons. The summed E-state index contributed by atoms with van der Waals surface area (Å²) in [7, 11) is 1.68. The fraction of sp³-hybridized carbons (Fsp3) is 0.357. The molecule has 2 rings (SSSR count). The lowest BCUT2D eigenvalue weighted by molar-refractivity contribution is -0.772. The highest BCUT2D eigenvalue weighted by Gasteiger charge is 2.17. The molecule has 2 aromatic rings. The number of benzene rings is 1. The van der Waals surface area contributed by atoms with Crippen molar-refractivity contribution in [3.05, 3.63) is 39.7 Å². The van der Waals surface area contributed by atoms with E-state index in [9.17, 15) is 9.59 Å². The lowest BCUT2D eigenvalue weighted by Crippen LogP contribution is -2.33. The Morgan fingerprint density at radius 1 is 1.38 bits per heavy atom. The number of anilines is 1. The Morgan fingerprint density at radius 2 is 2.14 bits per heavy atom. The molecule has 112 valence electrons. The van der Waals surface area contributed by atoms with Gasteiger partial charge in [0.15, 0.2) is 7.05 Å². The highest BCUT2D eigenvalue weighted by Crippen LogP contribution is 2.15. The van der Waals surface area contributed by atoms with E-state index in [-0.39, 0.29) is 5.91 Å². The lowest BCUT2D eigenvalue weighted by Gasteiger charge is -2.07. The lowest BCUT2D eigenvalue weighted by atomic mass is 10.1. The van der Waals surface area contributed by atoms with Crippen molar-refractivity contribution in [3.8, 4) is 0 Å². The number of nitrogens with one attached hydrogen (secondary N) is 2. The van der Waals surface area contributed by atoms with Gasteiger partial charge in [0.1, 0.15) is 0 Å². The van der Waals surface area contributed by atoms with Crippen LogP contribution in [0.15, 0.2) is 32.5 Å². The van der Waals surface area contributed by atoms with E-state index >= 15 is 0 Å². The largest absolute Gasteiger partial charge is 0.441 e. The second kappa shape index (κ2) is 6.62. The molecular weight excluding hydrogens is 290 g/mol. The van der Waals surface area contributed by atoms with E-state index in [0.29, 0.717) is 17.2 Å². The Bertz CT molecular complexity index is 706. The van der Waals surface area contributed by atoms with Crippen molar-refractivity contribution >= 4 is 23.4 Å². The zero-order valence-electron chi connectivity index (χ0n) is 12.2. The minimum atomic E-state index is -0.419. The first kappa shape index (κ1) is 15.4. The van der Waals surface area contributed by atoms with Gasteiger partial charge in [-0.3, -0.25) is 9.32 Å². The number of hydrogen-bond acceptors (Lipinski definition) is 4. The van der Waals surface area contributed by atoms with Crippen LogP contribution in [0.5, 0.6) is 0 Å². The van der Waals surface area contributed by atoms with Crippen molar-refractivity contribution in [3.63, 3.8) is 0 Å². The molecule has 1 aromatic heterocycles. The summed E-state index contributed by atoms with van der Waals surface area (Å²) >= 11 is 1.29. The van der Waals surface area contributed by atoms with Crippen LogP contribution in [-0.4, -0.2) is 16.9 Å². The van der Waals surface area contributed by atoms with Crippen LogP contribution in [0.1, 0.15) is 17.5 Å². The van der Waals surface area contributed by atoms with E-state index in [1.165, 1.54) is 22.0 Å². The number of nitrogens with zero attached hydrogens (tertiary/aromatic N) is 1. The standard InChI is InChI=1S/C14H17N3O3S/c1-9-4-5-11(8-10(9)2)15-12(18)6-7-21-13-14(19)20-16-17(13)3/h4-5,8H,6-7H2,1-3H3,(H-,15,16,18,19)/p+1. The first-order valence-electron chi connectivity index (χ1n) is 6.55. The molecule has 7 heteroatoms. The highest BCUT2D eigenvalue weighted by atomic mass is 32.2. The van der Waals surface area contributed by atoms with E-state index in [1.807, 2.05) is 32.0 Å². The van der Waals surface area contributed by atoms with E-state index in [0.717, 1.165) is 11.3 Å². The van der Waals surface area contributed by atoms with Crippen molar-refractivity contribution in [2.24, 2.45) is 7.05 Å². The summed E-state index contributed by atoms with van der Waals surface area (Å²) in [6, 6.07) is 5.81. The third-order valence-corrected chi connectivity index (χ3v) is 4.24. The molecule has 2 N–H and O–H groups in total. The smallest absolute Gasteiger partial charge is 0.326 e. The van der Waals surface area contributed by atoms with Crippen LogP contribution in [0, 0.1) is 13.8 Å². The van der Waals surface area contributed by atoms with Crippen molar-refractivity contribution in [1.29, 1.82) is 0 Å². The first-order valence-corrected chi connectivity index (χ1v) is 7.53. The van der Waals surface area contributed by atoms with Crippen LogP contribution >= 0.6 is 11.8 Å². The van der Waals surface area contributed by atoms with Crippen LogP contribution in [0.4, 0.5) is 5.69 Å². The van der Waals surface area contributed by atoms with Gasteiger partial charge in [-0.25, -0.2) is 4.79 Å². The van der Waals surface area contributed by atoms with Gasteiger partial charge in [0.2, 0.25) is 5.91 Å². The summed E-state index contributed by atoms with van der Waals surface area (Å²) in [5.41, 5.74) is 2.70. The monoisotopic (exact) mass is 308 g/mol. The molecule has 0 saturated heterocycles. The number of carbonyl (C=O) groups is 1. The molecular formula is C14H18N3O3S+. The van der Waals surface area contributed by atoms with Gasteiger partial charge in [0.25, 0.3) is 0 Å². The average molecular weight is 308 g/mol. The molecule has 0 aliphatic carbocycles. The number of carbonyl (C=O) groups excluding carboxylic acids is 1. The van der Waals surface area contributed by atoms with Gasteiger partial charge in [-0.15, -0.1) is 0 Å². The molecule has 0 fully saturated rings. The van der Waals surface area contributed by atoms with Crippen molar-refractivity contribution in [2.45, 2.75) is 25.3 Å². The Hall–Kier alpha value is -2.02. The predicted molar refractivity (Wildman–Crippen MR) is 80.4 cm³/mol. The van der Waals surface area contributed by atoms with E-state index < -0.39 is 5.63 Å². The molecule has 0 unspecified atom stereocenters. The number of aromatic amines is 1. The molecule has 1 amide bonds. The molecule has 1 aromatic carbocycles. The van der Waals surface area contributed by atoms with E-state index in [2.05, 4.69) is 15.1 Å². The quantitative estimate of drug-likeness (QED) is 0.648. The number of thioether (sulfide) groups is 1. The van der Waals surface area contributed by atoms with Gasteiger partial charge in [-0.05, 0) is 54.1 Å². The summed E-state index contributed by atoms with van der Waals surface area (Å²) in [5.74, 6) is 0.431. The molecule has 21 heavy (non-hydrogen) atoms. The minimum absolute atomic E-state index is 0.0756. The maximum absolute atomic E-state index is 11.9. The van der Waals surface area contributed by atoms with Crippen LogP contribution in [0.3, 0.4) is 0 Å². The van der Waals surface area contributed by atoms with Gasteiger partial charge in [-0.2, -0.15) is 0 Å². The molecule has 0 aliphatic rings. The number of amides is 1. The molecule has 0 aliphatic heterocycles. The Kier molecular flexibility index (Phi) is 4.85. The van der Waals surface area contributed by atoms with Gasteiger partial charge >= 0.3 is 10.7 Å². The molecule has 0 saturated carbocycles. The SMILES string of the molecule is Cc1ccc(NC(=O)CCSc2c(=O)o[nH][n+]2C)cc1C. The topological polar surface area (TPSA) is 79.0 Å². The minimum Gasteiger partial charge on any atom is -0.326 e. The summed E-state index contributed by atoms with van der Waals surface area (Å²) in [4.78, 5) is 23.2. The summed E-state index contributed by atoms with van der Waals surface area (Å²) < 4.78 is 6.13. The molecule has 0 bridgehead atoms. The number of rotatable bonds is 5. The molecule has 6 nitrogen and oxygen atoms in total. The van der Waals surface area contributed by atoms with Gasteiger partial charge in [0.05, 0.1) is 0 Å². The van der Waals surface area contributed by atoms with Crippen LogP contribution in [0.2, 0.25) is 0 Å². The second-order valence-electron chi connectivity index (χ2n) is 4.79. The number of H-pyrrole nitrogens is 1. The fourth-order valence-electron chi connectivity index (χ4n) is 1.77. The van der Waals surface area contributed by atoms with E-state index in [4.69, 9.17) is 0 Å². The summed E-state index contributed by atoms with van der Waals surface area (Å²) in [6.07, 6.45) is 0.322. The van der Waals surface area contributed by atoms with Crippen molar-refractivity contribution < 1.29 is 14.0 Å². The Balaban J connectivity index is 1.85. The third-order valence-electron chi connectivity index (χ3n) is 3.11. The van der Waals surface area contributed by atoms with E-state index in [1.54, 1.807) is 7.05 Å². The Labute approximate surface area is 126 Å². The Morgan fingerprint density at radius 3 is 2.76 bits per heavy atom. The van der Waals surface area contributed by atoms with Crippen molar-refractivity contribution in [2.75, 3.05) is 11.1 Å². The van der Waals surface area contributed by atoms with Gasteiger partial charge in [-0.1, -0.05) is 10.7 Å². The third kappa shape index (κ3) is 3.98.